The highest BCUT2D eigenvalue weighted by Gasteiger charge is 2.32. The van der Waals surface area contributed by atoms with E-state index in [-0.39, 0.29) is 93.7 Å². The van der Waals surface area contributed by atoms with Crippen LogP contribution < -0.4 is 37.9 Å². The van der Waals surface area contributed by atoms with Gasteiger partial charge in [0, 0.05) is 34.1 Å². The molecular formula is C96H81F8NO19S4. The van der Waals surface area contributed by atoms with E-state index in [9.17, 15) is 83.4 Å². The Labute approximate surface area is 734 Å². The first-order valence-corrected chi connectivity index (χ1v) is 44.8. The molecule has 0 saturated heterocycles. The van der Waals surface area contributed by atoms with Crippen molar-refractivity contribution in [2.24, 2.45) is 0 Å². The molecule has 13 aromatic carbocycles. The summed E-state index contributed by atoms with van der Waals surface area (Å²) < 4.78 is 277. The molecule has 20 nitrogen and oxygen atoms in total. The van der Waals surface area contributed by atoms with E-state index in [0.717, 1.165) is 85.2 Å². The van der Waals surface area contributed by atoms with Gasteiger partial charge in [0.15, 0.2) is 38.9 Å². The minimum atomic E-state index is -4.79. The van der Waals surface area contributed by atoms with E-state index in [1.807, 2.05) is 48.5 Å². The maximum atomic E-state index is 14.7. The molecule has 0 saturated carbocycles. The van der Waals surface area contributed by atoms with E-state index in [1.165, 1.54) is 105 Å². The third-order valence-electron chi connectivity index (χ3n) is 20.1. The predicted molar refractivity (Wildman–Crippen MR) is 463 cm³/mol. The third kappa shape index (κ3) is 21.3. The van der Waals surface area contributed by atoms with Gasteiger partial charge < -0.3 is 37.9 Å². The van der Waals surface area contributed by atoms with Gasteiger partial charge in [-0.15, -0.1) is 0 Å². The smallest absolute Gasteiger partial charge is 0.300 e. The number of sulfone groups is 2. The molecule has 32 heteroatoms. The van der Waals surface area contributed by atoms with Crippen molar-refractivity contribution in [3.05, 3.63) is 330 Å². The van der Waals surface area contributed by atoms with Crippen molar-refractivity contribution in [2.45, 2.75) is 101 Å². The first kappa shape index (κ1) is 95.2. The molecule has 0 aliphatic rings. The molecule has 0 radical (unpaired) electrons. The molecule has 0 aliphatic carbocycles. The first-order valence-electron chi connectivity index (χ1n) is 38.4. The summed E-state index contributed by atoms with van der Waals surface area (Å²) in [7, 11) is -13.1. The second-order valence-electron chi connectivity index (χ2n) is 29.6. The molecule has 0 aromatic heterocycles. The van der Waals surface area contributed by atoms with Crippen molar-refractivity contribution in [1.29, 1.82) is 5.26 Å². The minimum absolute atomic E-state index is 0.0104. The SMILES string of the molecule is COS(=O)(=O)c1cc(C(=O)c2ccc(Oc3c(C)cc(S(=O)(=O)c4cc(C)c(Oc5c(F)c(F)c(C)c(F)c5F)c(C)c4)cc3C)c(CS(=O)(=O)O)c2)ccc1Oc1c(C)cc(S(C)(=O)=O)cc1C.COc1c(C)cc(C)cc1C.COc1ccc(-c2ccc(Oc3cccc(Oc4ccc(-c5ccc(Oc6c(F)c(F)c(C)c(F)c6F)cc5)cc4)c3C#N)cc2)cc1. The molecule has 0 bridgehead atoms. The molecule has 13 rings (SSSR count). The molecule has 0 fully saturated rings. The van der Waals surface area contributed by atoms with E-state index in [2.05, 4.69) is 39.0 Å². The van der Waals surface area contributed by atoms with Gasteiger partial charge in [-0.25, -0.2) is 34.4 Å². The highest BCUT2D eigenvalue weighted by Crippen LogP contribution is 2.44. The summed E-state index contributed by atoms with van der Waals surface area (Å²) in [6, 6.07) is 54.3. The lowest BCUT2D eigenvalue weighted by molar-refractivity contribution is 0.103. The predicted octanol–water partition coefficient (Wildman–Crippen LogP) is 23.7. The van der Waals surface area contributed by atoms with Crippen LogP contribution >= 0.6 is 0 Å². The van der Waals surface area contributed by atoms with Crippen LogP contribution in [-0.4, -0.2) is 71.6 Å². The van der Waals surface area contributed by atoms with Gasteiger partial charge in [0.05, 0.1) is 36.0 Å². The van der Waals surface area contributed by atoms with Gasteiger partial charge in [-0.3, -0.25) is 13.5 Å². The Morgan fingerprint density at radius 1 is 0.359 bits per heavy atom. The quantitative estimate of drug-likeness (QED) is 0.0183. The van der Waals surface area contributed by atoms with Crippen LogP contribution in [0.5, 0.6) is 80.5 Å². The van der Waals surface area contributed by atoms with Crippen LogP contribution in [0.25, 0.3) is 22.3 Å². The van der Waals surface area contributed by atoms with Gasteiger partial charge >= 0.3 is 0 Å². The van der Waals surface area contributed by atoms with Gasteiger partial charge in [0.25, 0.3) is 20.2 Å². The molecule has 0 heterocycles. The number of rotatable bonds is 25. The Kier molecular flexibility index (Phi) is 28.9. The topological polar surface area (TPSA) is 281 Å². The summed E-state index contributed by atoms with van der Waals surface area (Å²) in [6.45, 7) is 16.8. The van der Waals surface area contributed by atoms with Crippen LogP contribution in [0.1, 0.15) is 88.2 Å². The molecule has 13 aromatic rings. The summed E-state index contributed by atoms with van der Waals surface area (Å²) in [5.41, 5.74) is 6.42. The van der Waals surface area contributed by atoms with E-state index >= 15 is 0 Å². The summed E-state index contributed by atoms with van der Waals surface area (Å²) in [5.74, 6) is -14.6. The Balaban J connectivity index is 0.000000231. The third-order valence-corrected chi connectivity index (χ3v) is 24.9. The zero-order chi connectivity index (χ0) is 93.7. The van der Waals surface area contributed by atoms with E-state index < -0.39 is 126 Å². The number of nitrogens with zero attached hydrogens (tertiary/aromatic N) is 1. The largest absolute Gasteiger partial charge is 0.497 e. The van der Waals surface area contributed by atoms with Crippen LogP contribution in [0.3, 0.4) is 0 Å². The molecular weight excluding hydrogens is 1750 g/mol. The fourth-order valence-electron chi connectivity index (χ4n) is 13.7. The molecule has 128 heavy (non-hydrogen) atoms. The van der Waals surface area contributed by atoms with Crippen LogP contribution in [0, 0.1) is 134 Å². The van der Waals surface area contributed by atoms with Gasteiger partial charge in [0.2, 0.25) is 44.6 Å². The Bertz CT molecular complexity index is 6930. The van der Waals surface area contributed by atoms with Crippen LogP contribution in [0.15, 0.2) is 220 Å². The van der Waals surface area contributed by atoms with Crippen molar-refractivity contribution in [2.75, 3.05) is 27.6 Å². The second-order valence-corrected chi connectivity index (χ2v) is 36.7. The van der Waals surface area contributed by atoms with Crippen LogP contribution in [-0.2, 0) is 49.8 Å². The number of nitriles is 1. The maximum absolute atomic E-state index is 14.7. The van der Waals surface area contributed by atoms with Gasteiger partial charge in [-0.05, 0) is 276 Å². The number of methoxy groups -OCH3 is 2. The molecule has 0 spiro atoms. The lowest BCUT2D eigenvalue weighted by Crippen LogP contribution is -2.10. The molecule has 1 N–H and O–H groups in total. The lowest BCUT2D eigenvalue weighted by Gasteiger charge is -2.18. The number of aryl methyl sites for hydroxylation is 9. The number of hydrogen-bond donors (Lipinski definition) is 1. The van der Waals surface area contributed by atoms with Crippen LogP contribution in [0.4, 0.5) is 35.1 Å². The van der Waals surface area contributed by atoms with Crippen molar-refractivity contribution in [3.63, 3.8) is 0 Å². The number of ketones is 1. The van der Waals surface area contributed by atoms with E-state index in [1.54, 1.807) is 82.7 Å². The molecule has 0 atom stereocenters. The summed E-state index contributed by atoms with van der Waals surface area (Å²) in [5, 5.41) is 9.96. The van der Waals surface area contributed by atoms with Crippen LogP contribution in [0.2, 0.25) is 0 Å². The zero-order valence-electron chi connectivity index (χ0n) is 71.2. The van der Waals surface area contributed by atoms with Gasteiger partial charge in [-0.1, -0.05) is 72.3 Å². The second kappa shape index (κ2) is 38.8. The lowest BCUT2D eigenvalue weighted by atomic mass is 10.0. The van der Waals surface area contributed by atoms with Crippen molar-refractivity contribution in [3.8, 4) is 109 Å². The highest BCUT2D eigenvalue weighted by atomic mass is 32.2. The first-order chi connectivity index (χ1) is 60.2. The summed E-state index contributed by atoms with van der Waals surface area (Å²) >= 11 is 0. The van der Waals surface area contributed by atoms with Crippen molar-refractivity contribution < 1.29 is 120 Å². The standard InChI is InChI=1S/C47H42F4O14S4.C39H25F4NO4.C10H14O/c1-23-14-33(66(9,53)54)15-24(2)45(23)64-37-13-11-31(21-38(37)69(60,61)62-8)43(52)30-10-12-36(32(20-30)22-67(55,56)57)63-44-25(3)16-34(17-26(44)4)68(58,59)35-18-27(5)46(28(6)19-35)65-47-41(50)39(48)29(7)40(49)42(47)51;1-23-35(40)37(42)39(38(43)36(23)41)48-31-20-12-27(13-21-31)26-10-18-30(19-11-26)47-34-5-3-4-33(32(34)22-44)46-29-16-8-25(9-17-29)24-6-14-28(45-2)15-7-24;1-7-5-8(2)10(11-4)9(3)6-7/h10-21H,22H2,1-9H3,(H,55,56,57);3-21H,1-2H3;5-6H,1-4H3. The number of carbonyl (C=O) groups excluding carboxylic acids is 1. The summed E-state index contributed by atoms with van der Waals surface area (Å²) in [6.07, 6.45) is 1.03. The van der Waals surface area contributed by atoms with E-state index in [0.29, 0.717) is 34.1 Å². The molecule has 0 unspecified atom stereocenters. The number of ether oxygens (including phenoxy) is 8. The fraction of sp³-hybridized carbons (Fsp3) is 0.167. The Hall–Kier alpha value is -13.4. The highest BCUT2D eigenvalue weighted by molar-refractivity contribution is 7.91. The van der Waals surface area contributed by atoms with Crippen molar-refractivity contribution >= 4 is 45.7 Å². The molecule has 0 aliphatic heterocycles. The number of hydrogen-bond acceptors (Lipinski definition) is 19. The average molecular weight is 1830 g/mol. The average Bonchev–Trinajstić information content (AvgIpc) is 0.764. The number of halogens is 8. The summed E-state index contributed by atoms with van der Waals surface area (Å²) in [4.78, 5) is 12.9. The Morgan fingerprint density at radius 3 is 1.07 bits per heavy atom. The normalized spacial score (nSPS) is 11.5. The molecule has 664 valence electrons. The zero-order valence-corrected chi connectivity index (χ0v) is 74.4. The fourth-order valence-corrected chi connectivity index (χ4v) is 17.5. The molecule has 0 amide bonds. The maximum Gasteiger partial charge on any atom is 0.300 e. The van der Waals surface area contributed by atoms with Crippen molar-refractivity contribution in [1.82, 2.24) is 0 Å². The minimum Gasteiger partial charge on any atom is -0.497 e. The van der Waals surface area contributed by atoms with Gasteiger partial charge in [0.1, 0.15) is 91.3 Å². The van der Waals surface area contributed by atoms with E-state index in [4.69, 9.17) is 42.1 Å². The Morgan fingerprint density at radius 2 is 0.703 bits per heavy atom. The number of benzene rings is 13. The van der Waals surface area contributed by atoms with Gasteiger partial charge in [-0.2, -0.15) is 39.7 Å². The monoisotopic (exact) mass is 1830 g/mol. The number of carbonyl (C=O) groups is 1.